The smallest absolute Gasteiger partial charge is 0.128 e. The molecule has 3 rings (SSSR count). The molecule has 0 aromatic carbocycles. The van der Waals surface area contributed by atoms with E-state index in [1.165, 1.54) is 30.9 Å². The molecule has 116 valence electrons. The van der Waals surface area contributed by atoms with Crippen LogP contribution in [0.25, 0.3) is 0 Å². The standard InChI is InChI=1S/C16H28N4Si/c1-12-15(19-14-10-13(17)11-14)4-5-16(18-12)20-6-8-21(2,3)9-7-20/h4-5,13-14,19H,6-11,17H2,1-3H3. The van der Waals surface area contributed by atoms with Gasteiger partial charge in [-0.3, -0.25) is 0 Å². The molecule has 0 amide bonds. The molecule has 0 radical (unpaired) electrons. The molecule has 1 aromatic rings. The minimum Gasteiger partial charge on any atom is -0.381 e. The van der Waals surface area contributed by atoms with Gasteiger partial charge in [-0.1, -0.05) is 13.1 Å². The summed E-state index contributed by atoms with van der Waals surface area (Å²) < 4.78 is 0. The summed E-state index contributed by atoms with van der Waals surface area (Å²) in [5.74, 6) is 1.15. The number of aryl methyl sites for hydroxylation is 1. The van der Waals surface area contributed by atoms with Crippen LogP contribution in [0.1, 0.15) is 18.5 Å². The van der Waals surface area contributed by atoms with Gasteiger partial charge in [0.05, 0.1) is 19.5 Å². The van der Waals surface area contributed by atoms with Crippen molar-refractivity contribution in [3.05, 3.63) is 17.8 Å². The summed E-state index contributed by atoms with van der Waals surface area (Å²) in [6, 6.07) is 8.05. The summed E-state index contributed by atoms with van der Waals surface area (Å²) in [4.78, 5) is 7.28. The van der Waals surface area contributed by atoms with Crippen molar-refractivity contribution in [1.82, 2.24) is 4.98 Å². The molecule has 2 heterocycles. The minimum absolute atomic E-state index is 0.385. The van der Waals surface area contributed by atoms with Crippen molar-refractivity contribution in [2.75, 3.05) is 23.3 Å². The predicted molar refractivity (Wildman–Crippen MR) is 92.9 cm³/mol. The minimum atomic E-state index is -0.909. The van der Waals surface area contributed by atoms with Gasteiger partial charge in [-0.25, -0.2) is 4.98 Å². The quantitative estimate of drug-likeness (QED) is 0.843. The molecule has 2 fully saturated rings. The Bertz CT molecular complexity index is 501. The summed E-state index contributed by atoms with van der Waals surface area (Å²) in [6.45, 7) is 9.46. The molecule has 21 heavy (non-hydrogen) atoms. The highest BCUT2D eigenvalue weighted by molar-refractivity contribution is 6.77. The van der Waals surface area contributed by atoms with Gasteiger partial charge in [0, 0.05) is 25.2 Å². The average molecular weight is 305 g/mol. The van der Waals surface area contributed by atoms with Crippen LogP contribution in [0.3, 0.4) is 0 Å². The first kappa shape index (κ1) is 14.8. The SMILES string of the molecule is Cc1nc(N2CC[Si](C)(C)CC2)ccc1NC1CC(N)C1. The monoisotopic (exact) mass is 304 g/mol. The van der Waals surface area contributed by atoms with Crippen LogP contribution in [-0.4, -0.2) is 38.2 Å². The lowest BCUT2D eigenvalue weighted by Crippen LogP contribution is -2.44. The van der Waals surface area contributed by atoms with Crippen LogP contribution in [0.5, 0.6) is 0 Å². The second kappa shape index (κ2) is 5.61. The van der Waals surface area contributed by atoms with Crippen molar-refractivity contribution in [3.63, 3.8) is 0 Å². The Labute approximate surface area is 129 Å². The molecule has 3 N–H and O–H groups in total. The molecule has 1 aliphatic carbocycles. The van der Waals surface area contributed by atoms with Crippen LogP contribution in [0.2, 0.25) is 25.2 Å². The molecule has 0 bridgehead atoms. The Hall–Kier alpha value is -1.07. The van der Waals surface area contributed by atoms with Crippen LogP contribution >= 0.6 is 0 Å². The van der Waals surface area contributed by atoms with Crippen LogP contribution < -0.4 is 16.0 Å². The zero-order valence-electron chi connectivity index (χ0n) is 13.5. The maximum Gasteiger partial charge on any atom is 0.128 e. The van der Waals surface area contributed by atoms with Crippen molar-refractivity contribution in [2.45, 2.75) is 57.0 Å². The van der Waals surface area contributed by atoms with Crippen molar-refractivity contribution in [2.24, 2.45) is 5.73 Å². The van der Waals surface area contributed by atoms with Crippen molar-refractivity contribution >= 4 is 19.6 Å². The summed E-state index contributed by atoms with van der Waals surface area (Å²) in [7, 11) is -0.909. The molecule has 1 saturated carbocycles. The van der Waals surface area contributed by atoms with E-state index in [-0.39, 0.29) is 0 Å². The van der Waals surface area contributed by atoms with Gasteiger partial charge in [0.15, 0.2) is 0 Å². The Kier molecular flexibility index (Phi) is 3.97. The zero-order chi connectivity index (χ0) is 15.0. The van der Waals surface area contributed by atoms with E-state index in [9.17, 15) is 0 Å². The molecule has 1 aliphatic heterocycles. The fourth-order valence-corrected chi connectivity index (χ4v) is 5.22. The molecular formula is C16H28N4Si. The second-order valence-electron chi connectivity index (χ2n) is 7.53. The third-order valence-corrected chi connectivity index (χ3v) is 8.20. The number of aromatic nitrogens is 1. The highest BCUT2D eigenvalue weighted by Crippen LogP contribution is 2.28. The molecular weight excluding hydrogens is 276 g/mol. The van der Waals surface area contributed by atoms with E-state index >= 15 is 0 Å². The van der Waals surface area contributed by atoms with Crippen molar-refractivity contribution in [3.8, 4) is 0 Å². The summed E-state index contributed by atoms with van der Waals surface area (Å²) in [6.07, 6.45) is 2.15. The molecule has 5 heteroatoms. The first-order valence-corrected chi connectivity index (χ1v) is 11.6. The molecule has 4 nitrogen and oxygen atoms in total. The Morgan fingerprint density at radius 1 is 1.24 bits per heavy atom. The van der Waals surface area contributed by atoms with E-state index in [0.717, 1.165) is 24.4 Å². The van der Waals surface area contributed by atoms with E-state index < -0.39 is 8.07 Å². The van der Waals surface area contributed by atoms with Crippen molar-refractivity contribution < 1.29 is 0 Å². The van der Waals surface area contributed by atoms with E-state index in [1.54, 1.807) is 0 Å². The molecule has 1 saturated heterocycles. The molecule has 0 spiro atoms. The third-order valence-electron chi connectivity index (χ3n) is 5.05. The van der Waals surface area contributed by atoms with Gasteiger partial charge in [0.2, 0.25) is 0 Å². The summed E-state index contributed by atoms with van der Waals surface area (Å²) in [5.41, 5.74) is 8.12. The molecule has 0 unspecified atom stereocenters. The van der Waals surface area contributed by atoms with E-state index in [4.69, 9.17) is 10.7 Å². The number of rotatable bonds is 3. The topological polar surface area (TPSA) is 54.2 Å². The van der Waals surface area contributed by atoms with E-state index in [0.29, 0.717) is 12.1 Å². The van der Waals surface area contributed by atoms with Crippen LogP contribution in [-0.2, 0) is 0 Å². The summed E-state index contributed by atoms with van der Waals surface area (Å²) >= 11 is 0. The van der Waals surface area contributed by atoms with E-state index in [1.807, 2.05) is 0 Å². The van der Waals surface area contributed by atoms with Crippen LogP contribution in [0.15, 0.2) is 12.1 Å². The molecule has 0 atom stereocenters. The average Bonchev–Trinajstić information content (AvgIpc) is 2.39. The van der Waals surface area contributed by atoms with Crippen LogP contribution in [0, 0.1) is 6.92 Å². The first-order valence-electron chi connectivity index (χ1n) is 8.18. The lowest BCUT2D eigenvalue weighted by atomic mass is 9.87. The molecule has 1 aromatic heterocycles. The number of hydrogen-bond donors (Lipinski definition) is 2. The fraction of sp³-hybridized carbons (Fsp3) is 0.688. The zero-order valence-corrected chi connectivity index (χ0v) is 14.5. The number of nitrogens with one attached hydrogen (secondary N) is 1. The van der Waals surface area contributed by atoms with Gasteiger partial charge in [-0.15, -0.1) is 0 Å². The van der Waals surface area contributed by atoms with Gasteiger partial charge < -0.3 is 16.0 Å². The summed E-state index contributed by atoms with van der Waals surface area (Å²) in [5, 5.41) is 3.57. The van der Waals surface area contributed by atoms with Gasteiger partial charge in [0.25, 0.3) is 0 Å². The third kappa shape index (κ3) is 3.40. The lowest BCUT2D eigenvalue weighted by molar-refractivity contribution is 0.373. The number of pyridine rings is 1. The maximum atomic E-state index is 5.85. The lowest BCUT2D eigenvalue weighted by Gasteiger charge is -2.37. The fourth-order valence-electron chi connectivity index (χ4n) is 3.22. The van der Waals surface area contributed by atoms with Crippen molar-refractivity contribution in [1.29, 1.82) is 0 Å². The number of anilines is 2. The number of nitrogens with zero attached hydrogens (tertiary/aromatic N) is 2. The predicted octanol–water partition coefficient (Wildman–Crippen LogP) is 2.82. The largest absolute Gasteiger partial charge is 0.381 e. The number of hydrogen-bond acceptors (Lipinski definition) is 4. The van der Waals surface area contributed by atoms with Crippen LogP contribution in [0.4, 0.5) is 11.5 Å². The van der Waals surface area contributed by atoms with Gasteiger partial charge in [-0.05, 0) is 44.0 Å². The molecule has 2 aliphatic rings. The maximum absolute atomic E-state index is 5.85. The van der Waals surface area contributed by atoms with Gasteiger partial charge >= 0.3 is 0 Å². The Morgan fingerprint density at radius 2 is 1.90 bits per heavy atom. The Balaban J connectivity index is 1.64. The normalized spacial score (nSPS) is 28.1. The first-order chi connectivity index (χ1) is 9.93. The van der Waals surface area contributed by atoms with Gasteiger partial charge in [0.1, 0.15) is 5.82 Å². The highest BCUT2D eigenvalue weighted by Gasteiger charge is 2.28. The van der Waals surface area contributed by atoms with Gasteiger partial charge in [-0.2, -0.15) is 0 Å². The highest BCUT2D eigenvalue weighted by atomic mass is 28.3. The second-order valence-corrected chi connectivity index (χ2v) is 12.9. The van der Waals surface area contributed by atoms with E-state index in [2.05, 4.69) is 42.4 Å². The number of nitrogens with two attached hydrogens (primary N) is 1. The Morgan fingerprint density at radius 3 is 2.48 bits per heavy atom.